The molecule has 1 aromatic carbocycles. The Morgan fingerprint density at radius 1 is 1.11 bits per heavy atom. The van der Waals surface area contributed by atoms with Gasteiger partial charge in [0.2, 0.25) is 11.8 Å². The van der Waals surface area contributed by atoms with Crippen LogP contribution in [0.3, 0.4) is 0 Å². The predicted octanol–water partition coefficient (Wildman–Crippen LogP) is 0.759. The minimum Gasteiger partial charge on any atom is -0.326 e. The second-order valence-corrected chi connectivity index (χ2v) is 8.64. The van der Waals surface area contributed by atoms with Gasteiger partial charge in [-0.25, -0.2) is 0 Å². The van der Waals surface area contributed by atoms with Crippen LogP contribution in [0.25, 0.3) is 0 Å². The third-order valence-corrected chi connectivity index (χ3v) is 6.97. The molecule has 3 amide bonds. The smallest absolute Gasteiger partial charge is 0.255 e. The SMILES string of the molecule is N[C@@H]1CC[C@H]2CCN(Cc3ccc4c(c3)CN(C3CCC(=O)NC3=O)C4=O)[C@H]21. The normalized spacial score (nSPS) is 32.6. The summed E-state index contributed by atoms with van der Waals surface area (Å²) in [7, 11) is 0. The first kappa shape index (κ1) is 17.8. The van der Waals surface area contributed by atoms with Gasteiger partial charge < -0.3 is 10.6 Å². The van der Waals surface area contributed by atoms with E-state index in [-0.39, 0.29) is 30.2 Å². The molecule has 7 heteroatoms. The van der Waals surface area contributed by atoms with Gasteiger partial charge in [-0.2, -0.15) is 0 Å². The number of amides is 3. The Balaban J connectivity index is 1.32. The van der Waals surface area contributed by atoms with E-state index in [1.807, 2.05) is 12.1 Å². The summed E-state index contributed by atoms with van der Waals surface area (Å²) in [4.78, 5) is 40.5. The van der Waals surface area contributed by atoms with Gasteiger partial charge in [0.1, 0.15) is 6.04 Å². The Kier molecular flexibility index (Phi) is 4.25. The summed E-state index contributed by atoms with van der Waals surface area (Å²) in [5, 5.41) is 2.35. The molecule has 3 heterocycles. The molecule has 1 unspecified atom stereocenters. The Morgan fingerprint density at radius 3 is 2.79 bits per heavy atom. The van der Waals surface area contributed by atoms with E-state index < -0.39 is 6.04 Å². The van der Waals surface area contributed by atoms with E-state index in [4.69, 9.17) is 5.73 Å². The van der Waals surface area contributed by atoms with Crippen LogP contribution in [0.4, 0.5) is 0 Å². The lowest BCUT2D eigenvalue weighted by molar-refractivity contribution is -0.136. The van der Waals surface area contributed by atoms with Crippen LogP contribution >= 0.6 is 0 Å². The molecule has 0 radical (unpaired) electrons. The number of carbonyl (C=O) groups excluding carboxylic acids is 3. The first-order chi connectivity index (χ1) is 13.5. The van der Waals surface area contributed by atoms with Gasteiger partial charge in [-0.3, -0.25) is 24.6 Å². The maximum absolute atomic E-state index is 12.8. The van der Waals surface area contributed by atoms with Crippen LogP contribution in [0.1, 0.15) is 53.6 Å². The summed E-state index contributed by atoms with van der Waals surface area (Å²) in [6.45, 7) is 2.37. The molecule has 3 aliphatic heterocycles. The minimum absolute atomic E-state index is 0.116. The number of benzene rings is 1. The lowest BCUT2D eigenvalue weighted by atomic mass is 10.0. The highest BCUT2D eigenvalue weighted by atomic mass is 16.2. The first-order valence-electron chi connectivity index (χ1n) is 10.3. The van der Waals surface area contributed by atoms with Crippen LogP contribution in [-0.4, -0.2) is 52.2 Å². The summed E-state index contributed by atoms with van der Waals surface area (Å²) in [6.07, 6.45) is 4.25. The van der Waals surface area contributed by atoms with E-state index in [1.165, 1.54) is 18.4 Å². The Bertz CT molecular complexity index is 854. The zero-order valence-electron chi connectivity index (χ0n) is 15.9. The lowest BCUT2D eigenvalue weighted by Crippen LogP contribution is -2.52. The number of nitrogens with zero attached hydrogens (tertiary/aromatic N) is 2. The zero-order chi connectivity index (χ0) is 19.4. The van der Waals surface area contributed by atoms with Gasteiger partial charge in [0, 0.05) is 37.2 Å². The van der Waals surface area contributed by atoms with Crippen LogP contribution in [0.15, 0.2) is 18.2 Å². The number of likely N-dealkylation sites (tertiary alicyclic amines) is 1. The molecule has 0 aromatic heterocycles. The summed E-state index contributed by atoms with van der Waals surface area (Å²) < 4.78 is 0. The highest BCUT2D eigenvalue weighted by molar-refractivity contribution is 6.05. The monoisotopic (exact) mass is 382 g/mol. The van der Waals surface area contributed by atoms with Crippen molar-refractivity contribution in [2.45, 2.75) is 63.3 Å². The van der Waals surface area contributed by atoms with E-state index in [2.05, 4.69) is 16.3 Å². The molecule has 0 bridgehead atoms. The summed E-state index contributed by atoms with van der Waals surface area (Å²) in [5.41, 5.74) is 9.17. The Morgan fingerprint density at radius 2 is 1.96 bits per heavy atom. The number of carbonyl (C=O) groups is 3. The topological polar surface area (TPSA) is 95.7 Å². The van der Waals surface area contributed by atoms with Crippen molar-refractivity contribution in [1.82, 2.24) is 15.1 Å². The standard InChI is InChI=1S/C21H26N4O3/c22-16-4-2-13-7-8-24(19(13)16)10-12-1-3-15-14(9-12)11-25(21(15)28)17-5-6-18(26)23-20(17)27/h1,3,9,13,16-17,19H,2,4-8,10-11,22H2,(H,23,26,27)/t13-,16+,17?,19+/m0/s1. The highest BCUT2D eigenvalue weighted by Gasteiger charge is 2.43. The van der Waals surface area contributed by atoms with Crippen molar-refractivity contribution in [2.24, 2.45) is 11.7 Å². The van der Waals surface area contributed by atoms with Crippen LogP contribution in [0.5, 0.6) is 0 Å². The molecule has 148 valence electrons. The molecule has 3 fully saturated rings. The van der Waals surface area contributed by atoms with Gasteiger partial charge in [-0.1, -0.05) is 12.1 Å². The highest BCUT2D eigenvalue weighted by Crippen LogP contribution is 2.38. The maximum Gasteiger partial charge on any atom is 0.255 e. The number of hydrogen-bond acceptors (Lipinski definition) is 5. The van der Waals surface area contributed by atoms with E-state index in [0.717, 1.165) is 31.0 Å². The average Bonchev–Trinajstić information content (AvgIpc) is 3.32. The minimum atomic E-state index is -0.558. The van der Waals surface area contributed by atoms with E-state index in [1.54, 1.807) is 4.90 Å². The molecule has 7 nitrogen and oxygen atoms in total. The van der Waals surface area contributed by atoms with Crippen LogP contribution in [0, 0.1) is 5.92 Å². The average molecular weight is 382 g/mol. The number of imide groups is 1. The Labute approximate surface area is 164 Å². The molecule has 1 saturated carbocycles. The van der Waals surface area contributed by atoms with E-state index in [0.29, 0.717) is 24.6 Å². The van der Waals surface area contributed by atoms with Crippen molar-refractivity contribution in [1.29, 1.82) is 0 Å². The quantitative estimate of drug-likeness (QED) is 0.753. The third-order valence-electron chi connectivity index (χ3n) is 6.97. The van der Waals surface area contributed by atoms with Crippen LogP contribution in [0.2, 0.25) is 0 Å². The molecule has 3 N–H and O–H groups in total. The maximum atomic E-state index is 12.8. The number of nitrogens with one attached hydrogen (secondary N) is 1. The molecule has 2 saturated heterocycles. The second kappa shape index (κ2) is 6.67. The molecule has 0 spiro atoms. The molecular weight excluding hydrogens is 356 g/mol. The van der Waals surface area contributed by atoms with Crippen LogP contribution in [-0.2, 0) is 22.7 Å². The summed E-state index contributed by atoms with van der Waals surface area (Å²) in [6, 6.07) is 6.21. The summed E-state index contributed by atoms with van der Waals surface area (Å²) in [5.74, 6) is -0.0122. The molecule has 4 atom stereocenters. The van der Waals surface area contributed by atoms with Crippen molar-refractivity contribution < 1.29 is 14.4 Å². The van der Waals surface area contributed by atoms with E-state index >= 15 is 0 Å². The van der Waals surface area contributed by atoms with Crippen molar-refractivity contribution in [2.75, 3.05) is 6.54 Å². The number of hydrogen-bond donors (Lipinski definition) is 2. The van der Waals surface area contributed by atoms with Crippen LogP contribution < -0.4 is 11.1 Å². The first-order valence-corrected chi connectivity index (χ1v) is 10.3. The number of rotatable bonds is 3. The number of fused-ring (bicyclic) bond motifs is 2. The Hall–Kier alpha value is -2.25. The second-order valence-electron chi connectivity index (χ2n) is 8.64. The van der Waals surface area contributed by atoms with Crippen molar-refractivity contribution in [3.8, 4) is 0 Å². The van der Waals surface area contributed by atoms with Gasteiger partial charge in [-0.15, -0.1) is 0 Å². The van der Waals surface area contributed by atoms with Gasteiger partial charge in [0.15, 0.2) is 0 Å². The fourth-order valence-corrected chi connectivity index (χ4v) is 5.61. The largest absolute Gasteiger partial charge is 0.326 e. The number of nitrogens with two attached hydrogens (primary N) is 1. The van der Waals surface area contributed by atoms with Gasteiger partial charge >= 0.3 is 0 Å². The lowest BCUT2D eigenvalue weighted by Gasteiger charge is -2.29. The molecule has 5 rings (SSSR count). The van der Waals surface area contributed by atoms with Crippen molar-refractivity contribution in [3.05, 3.63) is 34.9 Å². The molecule has 1 aliphatic carbocycles. The fraction of sp³-hybridized carbons (Fsp3) is 0.571. The van der Waals surface area contributed by atoms with Gasteiger partial charge in [0.25, 0.3) is 5.91 Å². The fourth-order valence-electron chi connectivity index (χ4n) is 5.61. The predicted molar refractivity (Wildman–Crippen MR) is 102 cm³/mol. The molecule has 4 aliphatic rings. The zero-order valence-corrected chi connectivity index (χ0v) is 15.9. The van der Waals surface area contributed by atoms with Crippen molar-refractivity contribution in [3.63, 3.8) is 0 Å². The molecule has 28 heavy (non-hydrogen) atoms. The van der Waals surface area contributed by atoms with E-state index in [9.17, 15) is 14.4 Å². The van der Waals surface area contributed by atoms with Gasteiger partial charge in [-0.05, 0) is 55.3 Å². The molecule has 1 aromatic rings. The van der Waals surface area contributed by atoms with Crippen molar-refractivity contribution >= 4 is 17.7 Å². The summed E-state index contributed by atoms with van der Waals surface area (Å²) >= 11 is 0. The third kappa shape index (κ3) is 2.84. The number of piperidine rings is 1. The van der Waals surface area contributed by atoms with Gasteiger partial charge in [0.05, 0.1) is 0 Å². The molecular formula is C21H26N4O3.